The van der Waals surface area contributed by atoms with E-state index in [1.165, 1.54) is 4.48 Å². The van der Waals surface area contributed by atoms with Crippen LogP contribution in [0.4, 0.5) is 14.4 Å². The van der Waals surface area contributed by atoms with Crippen molar-refractivity contribution in [1.29, 1.82) is 0 Å². The topological polar surface area (TPSA) is 88.3 Å². The van der Waals surface area contributed by atoms with Crippen molar-refractivity contribution >= 4 is 24.3 Å². The standard InChI is InChI=1S/C40H43BF2N8O/c1-29-24-30(2)39(31(3)25-29)40-35-13-15-37(50(35)41(42,43)51-36(40)14-16-38(51)52-23-17-44)49(28-34-12-6-9-20-47-34)22-21-48(26-32-10-4-7-18-45-32)27-33-11-5-8-19-46-33/h4-16,18-20,24-25H,17,21-23,26-28,44H2,1-3H3. The molecule has 0 radical (unpaired) electrons. The summed E-state index contributed by atoms with van der Waals surface area (Å²) in [6, 6.07) is 25.3. The van der Waals surface area contributed by atoms with Crippen molar-refractivity contribution in [3.63, 3.8) is 0 Å². The van der Waals surface area contributed by atoms with Crippen LogP contribution in [0.1, 0.15) is 45.0 Å². The number of aromatic nitrogens is 4. The Bertz CT molecular complexity index is 2070. The van der Waals surface area contributed by atoms with Gasteiger partial charge in [0, 0.05) is 63.1 Å². The third kappa shape index (κ3) is 7.04. The Morgan fingerprint density at radius 3 is 1.92 bits per heavy atom. The summed E-state index contributed by atoms with van der Waals surface area (Å²) in [5.41, 5.74) is 14.0. The second kappa shape index (κ2) is 15.0. The zero-order chi connectivity index (χ0) is 36.2. The zero-order valence-electron chi connectivity index (χ0n) is 29.8. The van der Waals surface area contributed by atoms with Crippen LogP contribution in [0.25, 0.3) is 5.57 Å². The number of nitrogens with two attached hydrogens (primary N) is 1. The fourth-order valence-electron chi connectivity index (χ4n) is 7.42. The van der Waals surface area contributed by atoms with Gasteiger partial charge in [-0.2, -0.15) is 0 Å². The molecule has 0 fully saturated rings. The predicted molar refractivity (Wildman–Crippen MR) is 202 cm³/mol. The third-order valence-corrected chi connectivity index (χ3v) is 9.52. The van der Waals surface area contributed by atoms with Crippen LogP contribution in [0.15, 0.2) is 115 Å². The molecule has 12 heteroatoms. The lowest BCUT2D eigenvalue weighted by molar-refractivity contribution is -0.372. The maximum Gasteiger partial charge on any atom is 0.741 e. The van der Waals surface area contributed by atoms with Crippen LogP contribution in [0.5, 0.6) is 0 Å². The summed E-state index contributed by atoms with van der Waals surface area (Å²) < 4.78 is 43.0. The Balaban J connectivity index is 1.34. The average Bonchev–Trinajstić information content (AvgIpc) is 3.78. The first kappa shape index (κ1) is 35.0. The molecule has 6 heterocycles. The number of halogens is 2. The molecule has 52 heavy (non-hydrogen) atoms. The second-order valence-corrected chi connectivity index (χ2v) is 13.3. The van der Waals surface area contributed by atoms with E-state index in [0.717, 1.165) is 49.4 Å². The van der Waals surface area contributed by atoms with E-state index in [0.29, 0.717) is 49.9 Å². The van der Waals surface area contributed by atoms with Crippen molar-refractivity contribution in [2.24, 2.45) is 5.73 Å². The van der Waals surface area contributed by atoms with E-state index in [2.05, 4.69) is 38.9 Å². The summed E-state index contributed by atoms with van der Waals surface area (Å²) in [6.45, 7) is 4.49. The summed E-state index contributed by atoms with van der Waals surface area (Å²) in [5, 5.41) is 0. The number of anilines is 1. The first-order valence-electron chi connectivity index (χ1n) is 17.7. The lowest BCUT2D eigenvalue weighted by atomic mass is 9.83. The van der Waals surface area contributed by atoms with Gasteiger partial charge < -0.3 is 28.5 Å². The Hall–Kier alpha value is -5.46. The van der Waals surface area contributed by atoms with Gasteiger partial charge in [0.2, 0.25) is 0 Å². The van der Waals surface area contributed by atoms with Gasteiger partial charge in [-0.05, 0) is 86.0 Å². The number of aryl methyl sites for hydroxylation is 3. The number of ether oxygens (including phenoxy) is 1. The third-order valence-electron chi connectivity index (χ3n) is 9.52. The molecule has 0 amide bonds. The van der Waals surface area contributed by atoms with E-state index in [-0.39, 0.29) is 19.0 Å². The summed E-state index contributed by atoms with van der Waals surface area (Å²) in [6.07, 6.45) is 8.67. The fraction of sp³-hybridized carbons (Fsp3) is 0.250. The van der Waals surface area contributed by atoms with E-state index in [1.807, 2.05) is 85.5 Å². The molecule has 2 aliphatic heterocycles. The van der Waals surface area contributed by atoms with Gasteiger partial charge in [-0.25, -0.2) is 0 Å². The molecule has 5 aromatic rings. The molecular weight excluding hydrogens is 657 g/mol. The Kier molecular flexibility index (Phi) is 10.1. The van der Waals surface area contributed by atoms with Crippen molar-refractivity contribution in [1.82, 2.24) is 24.3 Å². The molecule has 1 aromatic carbocycles. The van der Waals surface area contributed by atoms with Crippen LogP contribution in [-0.2, 0) is 24.4 Å². The van der Waals surface area contributed by atoms with Crippen molar-refractivity contribution < 1.29 is 17.9 Å². The lowest BCUT2D eigenvalue weighted by Gasteiger charge is -2.37. The molecular formula is C40H43BF2N8O. The van der Waals surface area contributed by atoms with Crippen LogP contribution in [0.2, 0.25) is 0 Å². The van der Waals surface area contributed by atoms with Gasteiger partial charge in [0.1, 0.15) is 6.61 Å². The van der Waals surface area contributed by atoms with E-state index >= 15 is 8.63 Å². The minimum absolute atomic E-state index is 0.0869. The Labute approximate surface area is 303 Å². The molecule has 0 spiro atoms. The first-order valence-corrected chi connectivity index (χ1v) is 17.7. The SMILES string of the molecule is Cc1cc(C)c(C2=C3C=CC(OCCN)=[N+]3[B-](F)(F)n3c2ccc3N(CCN(Cc2ccccn2)Cc2ccccn2)Cc2ccccn2)c(C)c1. The van der Waals surface area contributed by atoms with Gasteiger partial charge in [0.15, 0.2) is 5.70 Å². The van der Waals surface area contributed by atoms with Crippen LogP contribution in [-0.4, -0.2) is 67.9 Å². The van der Waals surface area contributed by atoms with E-state index in [9.17, 15) is 0 Å². The van der Waals surface area contributed by atoms with Crippen LogP contribution >= 0.6 is 0 Å². The molecule has 2 N–H and O–H groups in total. The van der Waals surface area contributed by atoms with Crippen molar-refractivity contribution in [3.05, 3.63) is 160 Å². The maximum absolute atomic E-state index is 17.4. The second-order valence-electron chi connectivity index (χ2n) is 13.3. The zero-order valence-corrected chi connectivity index (χ0v) is 29.8. The van der Waals surface area contributed by atoms with Gasteiger partial charge in [-0.3, -0.25) is 24.3 Å². The minimum Gasteiger partial charge on any atom is -0.446 e. The number of benzene rings is 1. The molecule has 0 atom stereocenters. The highest BCUT2D eigenvalue weighted by Gasteiger charge is 2.56. The van der Waals surface area contributed by atoms with Gasteiger partial charge in [-0.1, -0.05) is 35.9 Å². The maximum atomic E-state index is 17.4. The van der Waals surface area contributed by atoms with Gasteiger partial charge in [-0.15, -0.1) is 0 Å². The van der Waals surface area contributed by atoms with E-state index in [4.69, 9.17) is 10.5 Å². The molecule has 0 saturated heterocycles. The van der Waals surface area contributed by atoms with Gasteiger partial charge >= 0.3 is 12.9 Å². The molecule has 0 saturated carbocycles. The first-order chi connectivity index (χ1) is 25.2. The molecule has 7 rings (SSSR count). The number of fused-ring (bicyclic) bond motifs is 2. The van der Waals surface area contributed by atoms with Crippen LogP contribution in [0.3, 0.4) is 0 Å². The Morgan fingerprint density at radius 1 is 0.769 bits per heavy atom. The predicted octanol–water partition coefficient (Wildman–Crippen LogP) is 6.26. The molecule has 0 bridgehead atoms. The quantitative estimate of drug-likeness (QED) is 0.145. The Morgan fingerprint density at radius 2 is 1.37 bits per heavy atom. The summed E-state index contributed by atoms with van der Waals surface area (Å²) in [4.78, 5) is 18.0. The molecule has 0 aliphatic carbocycles. The highest BCUT2D eigenvalue weighted by Crippen LogP contribution is 2.44. The average molecular weight is 701 g/mol. The lowest BCUT2D eigenvalue weighted by Crippen LogP contribution is -2.52. The number of rotatable bonds is 13. The summed E-state index contributed by atoms with van der Waals surface area (Å²) in [5.74, 6) is 0.481. The van der Waals surface area contributed by atoms with Crippen molar-refractivity contribution in [2.75, 3.05) is 31.1 Å². The monoisotopic (exact) mass is 700 g/mol. The summed E-state index contributed by atoms with van der Waals surface area (Å²) >= 11 is 0. The highest BCUT2D eigenvalue weighted by atomic mass is 19.2. The molecule has 266 valence electrons. The minimum atomic E-state index is -4.41. The molecule has 0 unspecified atom stereocenters. The van der Waals surface area contributed by atoms with Gasteiger partial charge in [0.25, 0.3) is 0 Å². The van der Waals surface area contributed by atoms with Crippen molar-refractivity contribution in [2.45, 2.75) is 40.4 Å². The molecule has 2 aliphatic rings. The molecule has 9 nitrogen and oxygen atoms in total. The number of nitrogens with zero attached hydrogens (tertiary/aromatic N) is 7. The fourth-order valence-corrected chi connectivity index (χ4v) is 7.42. The largest absolute Gasteiger partial charge is 0.741 e. The van der Waals surface area contributed by atoms with Crippen LogP contribution < -0.4 is 10.6 Å². The summed E-state index contributed by atoms with van der Waals surface area (Å²) in [7, 11) is 0. The smallest absolute Gasteiger partial charge is 0.446 e. The number of allylic oxidation sites excluding steroid dienone is 1. The van der Waals surface area contributed by atoms with E-state index < -0.39 is 6.97 Å². The normalized spacial score (nSPS) is 14.6. The van der Waals surface area contributed by atoms with E-state index in [1.54, 1.807) is 30.7 Å². The number of pyridine rings is 3. The molecule has 4 aromatic heterocycles. The van der Waals surface area contributed by atoms with Crippen LogP contribution in [0, 0.1) is 20.8 Å². The highest BCUT2D eigenvalue weighted by molar-refractivity contribution is 6.58. The van der Waals surface area contributed by atoms with Crippen molar-refractivity contribution in [3.8, 4) is 0 Å². The number of hydrogen-bond acceptors (Lipinski definition) is 7. The van der Waals surface area contributed by atoms with Gasteiger partial charge in [0.05, 0.1) is 41.1 Å². The number of hydrogen-bond donors (Lipinski definition) is 1.